The van der Waals surface area contributed by atoms with Crippen LogP contribution in [0.3, 0.4) is 0 Å². The molecule has 2 aromatic carbocycles. The van der Waals surface area contributed by atoms with Gasteiger partial charge < -0.3 is 10.6 Å². The van der Waals surface area contributed by atoms with Crippen LogP contribution < -0.4 is 10.6 Å². The van der Waals surface area contributed by atoms with Crippen molar-refractivity contribution in [3.05, 3.63) is 71.8 Å². The highest BCUT2D eigenvalue weighted by Crippen LogP contribution is 2.22. The predicted octanol–water partition coefficient (Wildman–Crippen LogP) is 2.70. The molecule has 7 heteroatoms. The molecule has 3 rings (SSSR count). The van der Waals surface area contributed by atoms with E-state index in [1.807, 2.05) is 67.6 Å². The van der Waals surface area contributed by atoms with Crippen LogP contribution >= 0.6 is 11.8 Å². The molecule has 2 amide bonds. The number of carbonyl (C=O) groups is 2. The molecule has 1 heterocycles. The Balaban J connectivity index is 1.53. The van der Waals surface area contributed by atoms with Crippen LogP contribution in [0.4, 0.5) is 0 Å². The summed E-state index contributed by atoms with van der Waals surface area (Å²) >= 11 is 1.23. The molecular formula is C20H20N4O2S. The van der Waals surface area contributed by atoms with Crippen LogP contribution in [0.15, 0.2) is 70.9 Å². The molecule has 0 saturated carbocycles. The van der Waals surface area contributed by atoms with Crippen LogP contribution in [0.5, 0.6) is 0 Å². The Kier molecular flexibility index (Phi) is 6.38. The first-order chi connectivity index (χ1) is 13.1. The summed E-state index contributed by atoms with van der Waals surface area (Å²) in [6.45, 7) is 2.30. The number of carbonyl (C=O) groups excluding carboxylic acids is 2. The number of nitrogens with zero attached hydrogens (tertiary/aromatic N) is 2. The molecule has 1 unspecified atom stereocenters. The van der Waals surface area contributed by atoms with Crippen molar-refractivity contribution in [2.75, 3.05) is 0 Å². The monoisotopic (exact) mass is 380 g/mol. The molecule has 0 radical (unpaired) electrons. The molecule has 138 valence electrons. The van der Waals surface area contributed by atoms with Crippen molar-refractivity contribution in [2.45, 2.75) is 25.1 Å². The van der Waals surface area contributed by atoms with E-state index in [0.29, 0.717) is 11.7 Å². The fraction of sp³-hybridized carbons (Fsp3) is 0.200. The Morgan fingerprint density at radius 3 is 2.48 bits per heavy atom. The number of hydrogen-bond acceptors (Lipinski definition) is 5. The number of thioether (sulfide) groups is 1. The molecule has 1 aliphatic heterocycles. The van der Waals surface area contributed by atoms with E-state index >= 15 is 0 Å². The van der Waals surface area contributed by atoms with Crippen LogP contribution in [0, 0.1) is 0 Å². The van der Waals surface area contributed by atoms with Gasteiger partial charge in [-0.2, -0.15) is 5.10 Å². The van der Waals surface area contributed by atoms with Gasteiger partial charge in [0.15, 0.2) is 5.17 Å². The lowest BCUT2D eigenvalue weighted by atomic mass is 10.1. The maximum atomic E-state index is 12.1. The second-order valence-electron chi connectivity index (χ2n) is 6.02. The second kappa shape index (κ2) is 9.14. The predicted molar refractivity (Wildman–Crippen MR) is 109 cm³/mol. The third-order valence-corrected chi connectivity index (χ3v) is 5.03. The van der Waals surface area contributed by atoms with Crippen molar-refractivity contribution in [2.24, 2.45) is 10.2 Å². The van der Waals surface area contributed by atoms with Gasteiger partial charge in [0.25, 0.3) is 0 Å². The summed E-state index contributed by atoms with van der Waals surface area (Å²) in [4.78, 5) is 24.2. The van der Waals surface area contributed by atoms with Gasteiger partial charge in [-0.1, -0.05) is 72.4 Å². The minimum atomic E-state index is -0.494. The Hall–Kier alpha value is -2.93. The molecule has 1 fully saturated rings. The summed E-state index contributed by atoms with van der Waals surface area (Å²) in [5.74, 6) is -0.391. The van der Waals surface area contributed by atoms with Gasteiger partial charge >= 0.3 is 0 Å². The molecule has 27 heavy (non-hydrogen) atoms. The number of benzene rings is 2. The van der Waals surface area contributed by atoms with Gasteiger partial charge in [-0.05, 0) is 18.1 Å². The average Bonchev–Trinajstić information content (AvgIpc) is 3.05. The molecule has 2 aromatic rings. The van der Waals surface area contributed by atoms with Crippen molar-refractivity contribution in [1.29, 1.82) is 0 Å². The molecule has 6 nitrogen and oxygen atoms in total. The minimum Gasteiger partial charge on any atom is -0.352 e. The number of nitrogens with one attached hydrogen (secondary N) is 2. The lowest BCUT2D eigenvalue weighted by Crippen LogP contribution is -2.31. The minimum absolute atomic E-state index is 0.101. The van der Waals surface area contributed by atoms with Gasteiger partial charge in [0.2, 0.25) is 11.8 Å². The largest absolute Gasteiger partial charge is 0.352 e. The summed E-state index contributed by atoms with van der Waals surface area (Å²) in [5.41, 5.74) is 2.73. The lowest BCUT2D eigenvalue weighted by Gasteiger charge is -2.07. The molecule has 2 N–H and O–H groups in total. The summed E-state index contributed by atoms with van der Waals surface area (Å²) in [7, 11) is 0. The van der Waals surface area contributed by atoms with Gasteiger partial charge in [0, 0.05) is 13.0 Å². The molecule has 1 aliphatic rings. The van der Waals surface area contributed by atoms with E-state index in [1.54, 1.807) is 0 Å². The van der Waals surface area contributed by atoms with Crippen molar-refractivity contribution >= 4 is 34.5 Å². The van der Waals surface area contributed by atoms with Gasteiger partial charge in [-0.3, -0.25) is 9.59 Å². The van der Waals surface area contributed by atoms with E-state index in [1.165, 1.54) is 11.8 Å². The molecule has 0 spiro atoms. The molecule has 1 saturated heterocycles. The van der Waals surface area contributed by atoms with E-state index in [2.05, 4.69) is 20.8 Å². The molecular weight excluding hydrogens is 360 g/mol. The van der Waals surface area contributed by atoms with Gasteiger partial charge in [0.05, 0.1) is 5.71 Å². The zero-order chi connectivity index (χ0) is 19.1. The zero-order valence-electron chi connectivity index (χ0n) is 14.9. The fourth-order valence-corrected chi connectivity index (χ4v) is 3.40. The SMILES string of the molecule is C/C(=N\N=C1/NC(=O)C(CC(=O)NCc2ccccc2)S1)c1ccccc1. The van der Waals surface area contributed by atoms with Crippen LogP contribution in [-0.4, -0.2) is 27.9 Å². The Bertz CT molecular complexity index is 866. The van der Waals surface area contributed by atoms with Gasteiger partial charge in [-0.25, -0.2) is 0 Å². The summed E-state index contributed by atoms with van der Waals surface area (Å²) in [6, 6.07) is 19.3. The van der Waals surface area contributed by atoms with Crippen LogP contribution in [0.2, 0.25) is 0 Å². The smallest absolute Gasteiger partial charge is 0.240 e. The second-order valence-corrected chi connectivity index (χ2v) is 7.21. The van der Waals surface area contributed by atoms with E-state index in [4.69, 9.17) is 0 Å². The van der Waals surface area contributed by atoms with E-state index in [9.17, 15) is 9.59 Å². The molecule has 0 aromatic heterocycles. The summed E-state index contributed by atoms with van der Waals surface area (Å²) in [6.07, 6.45) is 0.101. The lowest BCUT2D eigenvalue weighted by molar-refractivity contribution is -0.125. The maximum Gasteiger partial charge on any atom is 0.240 e. The van der Waals surface area contributed by atoms with Crippen LogP contribution in [0.25, 0.3) is 0 Å². The highest BCUT2D eigenvalue weighted by atomic mass is 32.2. The first kappa shape index (κ1) is 18.8. The standard InChI is InChI=1S/C20H20N4O2S/c1-14(16-10-6-3-7-11-16)23-24-20-22-19(26)17(27-20)12-18(25)21-13-15-8-4-2-5-9-15/h2-11,17H,12-13H2,1H3,(H,21,25)(H,22,24,26)/b23-14+. The quantitative estimate of drug-likeness (QED) is 0.597. The first-order valence-electron chi connectivity index (χ1n) is 8.57. The maximum absolute atomic E-state index is 12.1. The molecule has 0 aliphatic carbocycles. The number of rotatable bonds is 6. The Morgan fingerprint density at radius 1 is 1.11 bits per heavy atom. The van der Waals surface area contributed by atoms with Crippen molar-refractivity contribution in [1.82, 2.24) is 10.6 Å². The fourth-order valence-electron chi connectivity index (χ4n) is 2.48. The Labute approximate surface area is 162 Å². The summed E-state index contributed by atoms with van der Waals surface area (Å²) in [5, 5.41) is 13.7. The normalized spacial score (nSPS) is 18.4. The van der Waals surface area contributed by atoms with Crippen molar-refractivity contribution in [3.63, 3.8) is 0 Å². The number of amidine groups is 1. The van der Waals surface area contributed by atoms with Gasteiger partial charge in [-0.15, -0.1) is 5.10 Å². The van der Waals surface area contributed by atoms with Crippen molar-refractivity contribution in [3.8, 4) is 0 Å². The summed E-state index contributed by atoms with van der Waals surface area (Å²) < 4.78 is 0. The van der Waals surface area contributed by atoms with E-state index < -0.39 is 5.25 Å². The molecule has 0 bridgehead atoms. The third-order valence-electron chi connectivity index (χ3n) is 3.96. The van der Waals surface area contributed by atoms with Crippen LogP contribution in [-0.2, 0) is 16.1 Å². The highest BCUT2D eigenvalue weighted by Gasteiger charge is 2.32. The van der Waals surface area contributed by atoms with Gasteiger partial charge in [0.1, 0.15) is 5.25 Å². The third kappa shape index (κ3) is 5.52. The van der Waals surface area contributed by atoms with Crippen molar-refractivity contribution < 1.29 is 9.59 Å². The van der Waals surface area contributed by atoms with E-state index in [-0.39, 0.29) is 18.2 Å². The topological polar surface area (TPSA) is 82.9 Å². The first-order valence-corrected chi connectivity index (χ1v) is 9.45. The number of hydrogen-bond donors (Lipinski definition) is 2. The molecule has 1 atom stereocenters. The highest BCUT2D eigenvalue weighted by molar-refractivity contribution is 8.15. The zero-order valence-corrected chi connectivity index (χ0v) is 15.7. The number of amides is 2. The van der Waals surface area contributed by atoms with Crippen LogP contribution in [0.1, 0.15) is 24.5 Å². The average molecular weight is 380 g/mol. The van der Waals surface area contributed by atoms with E-state index in [0.717, 1.165) is 16.8 Å². The Morgan fingerprint density at radius 2 is 1.78 bits per heavy atom.